The van der Waals surface area contributed by atoms with Crippen LogP contribution in [0.15, 0.2) is 93.9 Å². The molecule has 3 aromatic carbocycles. The van der Waals surface area contributed by atoms with Crippen LogP contribution in [0.4, 0.5) is 0 Å². The molecule has 0 amide bonds. The number of esters is 1. The highest BCUT2D eigenvalue weighted by atomic mass is 35.5. The molecule has 5 rings (SSSR count). The molecule has 0 spiro atoms. The Hall–Kier alpha value is -4.34. The molecule has 4 aromatic rings. The molecule has 0 fully saturated rings. The van der Waals surface area contributed by atoms with Gasteiger partial charge in [-0.05, 0) is 55.8 Å². The van der Waals surface area contributed by atoms with Crippen molar-refractivity contribution in [2.24, 2.45) is 4.99 Å². The van der Waals surface area contributed by atoms with Crippen LogP contribution in [-0.2, 0) is 9.53 Å². The molecule has 1 aliphatic heterocycles. The number of allylic oxidation sites excluding steroid dienone is 1. The number of nitrogens with zero attached hydrogens (tertiary/aromatic N) is 2. The van der Waals surface area contributed by atoms with Gasteiger partial charge in [0.25, 0.3) is 5.56 Å². The van der Waals surface area contributed by atoms with Crippen molar-refractivity contribution in [3.8, 4) is 17.2 Å². The summed E-state index contributed by atoms with van der Waals surface area (Å²) < 4.78 is 24.4. The van der Waals surface area contributed by atoms with Gasteiger partial charge >= 0.3 is 5.97 Å². The van der Waals surface area contributed by atoms with Crippen molar-refractivity contribution >= 4 is 35.0 Å². The molecule has 0 saturated carbocycles. The lowest BCUT2D eigenvalue weighted by atomic mass is 9.96. The molecule has 8 nitrogen and oxygen atoms in total. The summed E-state index contributed by atoms with van der Waals surface area (Å²) >= 11 is 7.57. The van der Waals surface area contributed by atoms with Crippen molar-refractivity contribution < 1.29 is 23.7 Å². The number of aromatic nitrogens is 1. The number of hydrogen-bond donors (Lipinski definition) is 0. The Bertz CT molecular complexity index is 1810. The zero-order valence-corrected chi connectivity index (χ0v) is 24.9. The van der Waals surface area contributed by atoms with Gasteiger partial charge in [0.05, 0.1) is 35.6 Å². The molecule has 0 bridgehead atoms. The van der Waals surface area contributed by atoms with Crippen molar-refractivity contribution in [2.75, 3.05) is 26.9 Å². The maximum absolute atomic E-state index is 13.9. The summed E-state index contributed by atoms with van der Waals surface area (Å²) in [5.41, 5.74) is 1.98. The number of hydrogen-bond acceptors (Lipinski definition) is 8. The minimum atomic E-state index is -0.674. The third kappa shape index (κ3) is 6.27. The zero-order valence-electron chi connectivity index (χ0n) is 23.3. The first kappa shape index (κ1) is 29.2. The minimum absolute atomic E-state index is 0.212. The fourth-order valence-electron chi connectivity index (χ4n) is 4.65. The molecule has 1 aromatic heterocycles. The van der Waals surface area contributed by atoms with Gasteiger partial charge in [0.15, 0.2) is 4.80 Å². The van der Waals surface area contributed by atoms with E-state index in [1.807, 2.05) is 48.5 Å². The Morgan fingerprint density at radius 1 is 1.02 bits per heavy atom. The molecule has 0 radical (unpaired) electrons. The van der Waals surface area contributed by atoms with E-state index >= 15 is 0 Å². The van der Waals surface area contributed by atoms with Gasteiger partial charge in [-0.15, -0.1) is 0 Å². The molecule has 1 aliphatic rings. The normalized spacial score (nSPS) is 14.7. The summed E-state index contributed by atoms with van der Waals surface area (Å²) in [6.07, 6.45) is 1.74. The Labute approximate surface area is 251 Å². The van der Waals surface area contributed by atoms with Crippen LogP contribution in [0, 0.1) is 0 Å². The summed E-state index contributed by atoms with van der Waals surface area (Å²) in [5.74, 6) is 1.42. The van der Waals surface area contributed by atoms with Crippen molar-refractivity contribution in [3.05, 3.63) is 120 Å². The van der Waals surface area contributed by atoms with Gasteiger partial charge in [0, 0.05) is 16.7 Å². The van der Waals surface area contributed by atoms with Gasteiger partial charge in [0.2, 0.25) is 0 Å². The standard InChI is InChI=1S/C32H29ClN2O6S/c1-4-39-31(37)28-20(2)34-32-35(29(28)21-9-6-5-7-10-21)30(36)27(42-32)18-22-17-23(33)13-14-26(22)41-16-15-40-25-12-8-11-24(19-25)38-3/h5-14,17-19,29H,4,15-16H2,1-3H3/b27-18+/t29-/m1/s1. The molecule has 2 heterocycles. The molecule has 0 unspecified atom stereocenters. The second-order valence-corrected chi connectivity index (χ2v) is 10.7. The van der Waals surface area contributed by atoms with Crippen LogP contribution in [0.3, 0.4) is 0 Å². The Balaban J connectivity index is 1.48. The third-order valence-corrected chi connectivity index (χ3v) is 7.76. The number of carbonyl (C=O) groups is 1. The van der Waals surface area contributed by atoms with E-state index in [1.54, 1.807) is 55.9 Å². The van der Waals surface area contributed by atoms with E-state index in [0.717, 1.165) is 5.56 Å². The second-order valence-electron chi connectivity index (χ2n) is 9.27. The molecular weight excluding hydrogens is 576 g/mol. The largest absolute Gasteiger partial charge is 0.497 e. The molecule has 216 valence electrons. The molecule has 0 N–H and O–H groups in total. The number of fused-ring (bicyclic) bond motifs is 1. The van der Waals surface area contributed by atoms with Crippen LogP contribution in [0.25, 0.3) is 6.08 Å². The van der Waals surface area contributed by atoms with Gasteiger partial charge in [0.1, 0.15) is 30.5 Å². The molecule has 0 aliphatic carbocycles. The van der Waals surface area contributed by atoms with Crippen LogP contribution in [0.5, 0.6) is 17.2 Å². The van der Waals surface area contributed by atoms with Gasteiger partial charge < -0.3 is 18.9 Å². The van der Waals surface area contributed by atoms with Crippen molar-refractivity contribution in [1.29, 1.82) is 0 Å². The first-order valence-corrected chi connectivity index (χ1v) is 14.5. The maximum atomic E-state index is 13.9. The second kappa shape index (κ2) is 13.1. The van der Waals surface area contributed by atoms with Crippen molar-refractivity contribution in [2.45, 2.75) is 19.9 Å². The predicted octanol–water partition coefficient (Wildman–Crippen LogP) is 4.92. The van der Waals surface area contributed by atoms with Crippen LogP contribution < -0.4 is 29.1 Å². The molecular formula is C32H29ClN2O6S. The van der Waals surface area contributed by atoms with Crippen molar-refractivity contribution in [3.63, 3.8) is 0 Å². The zero-order chi connectivity index (χ0) is 29.6. The monoisotopic (exact) mass is 604 g/mol. The van der Waals surface area contributed by atoms with E-state index in [9.17, 15) is 9.59 Å². The summed E-state index contributed by atoms with van der Waals surface area (Å²) in [4.78, 5) is 32.1. The smallest absolute Gasteiger partial charge is 0.338 e. The summed E-state index contributed by atoms with van der Waals surface area (Å²) in [6.45, 7) is 4.27. The fraction of sp³-hybridized carbons (Fsp3) is 0.219. The third-order valence-electron chi connectivity index (χ3n) is 6.54. The van der Waals surface area contributed by atoms with Crippen LogP contribution in [-0.4, -0.2) is 37.5 Å². The maximum Gasteiger partial charge on any atom is 0.338 e. The lowest BCUT2D eigenvalue weighted by Gasteiger charge is -2.24. The number of halogens is 1. The Morgan fingerprint density at radius 3 is 2.55 bits per heavy atom. The quantitative estimate of drug-likeness (QED) is 0.189. The van der Waals surface area contributed by atoms with Crippen LogP contribution in [0.1, 0.15) is 31.0 Å². The molecule has 1 atom stereocenters. The van der Waals surface area contributed by atoms with E-state index in [1.165, 1.54) is 11.3 Å². The lowest BCUT2D eigenvalue weighted by molar-refractivity contribution is -0.139. The number of ether oxygens (including phenoxy) is 4. The average Bonchev–Trinajstić information content (AvgIpc) is 3.30. The summed E-state index contributed by atoms with van der Waals surface area (Å²) in [7, 11) is 1.60. The molecule has 42 heavy (non-hydrogen) atoms. The summed E-state index contributed by atoms with van der Waals surface area (Å²) in [6, 6.07) is 21.3. The summed E-state index contributed by atoms with van der Waals surface area (Å²) in [5, 5.41) is 0.497. The first-order chi connectivity index (χ1) is 20.4. The van der Waals surface area contributed by atoms with Gasteiger partial charge in [-0.3, -0.25) is 9.36 Å². The number of thiazole rings is 1. The van der Waals surface area contributed by atoms with Crippen LogP contribution >= 0.6 is 22.9 Å². The van der Waals surface area contributed by atoms with E-state index in [4.69, 9.17) is 30.5 Å². The van der Waals surface area contributed by atoms with Gasteiger partial charge in [-0.2, -0.15) is 0 Å². The SMILES string of the molecule is CCOC(=O)C1=C(C)N=c2s/c(=C/c3cc(Cl)ccc3OCCOc3cccc(OC)c3)c(=O)n2[C@@H]1c1ccccc1. The average molecular weight is 605 g/mol. The number of benzene rings is 3. The first-order valence-electron chi connectivity index (χ1n) is 13.3. The minimum Gasteiger partial charge on any atom is -0.497 e. The highest BCUT2D eigenvalue weighted by Gasteiger charge is 2.33. The van der Waals surface area contributed by atoms with Gasteiger partial charge in [-0.1, -0.05) is 59.3 Å². The number of carbonyl (C=O) groups excluding carboxylic acids is 1. The van der Waals surface area contributed by atoms with Gasteiger partial charge in [-0.25, -0.2) is 9.79 Å². The molecule has 10 heteroatoms. The predicted molar refractivity (Wildman–Crippen MR) is 162 cm³/mol. The van der Waals surface area contributed by atoms with Crippen LogP contribution in [0.2, 0.25) is 5.02 Å². The Kier molecular flexibility index (Phi) is 9.09. The fourth-order valence-corrected chi connectivity index (χ4v) is 5.87. The number of rotatable bonds is 10. The van der Waals surface area contributed by atoms with E-state index in [2.05, 4.69) is 4.99 Å². The highest BCUT2D eigenvalue weighted by molar-refractivity contribution is 7.07. The van der Waals surface area contributed by atoms with Crippen molar-refractivity contribution in [1.82, 2.24) is 4.57 Å². The topological polar surface area (TPSA) is 88.4 Å². The van der Waals surface area contributed by atoms with E-state index in [-0.39, 0.29) is 18.8 Å². The number of methoxy groups -OCH3 is 1. The van der Waals surface area contributed by atoms with E-state index < -0.39 is 12.0 Å². The molecule has 0 saturated heterocycles. The highest BCUT2D eigenvalue weighted by Crippen LogP contribution is 2.31. The lowest BCUT2D eigenvalue weighted by Crippen LogP contribution is -2.39. The van der Waals surface area contributed by atoms with E-state index in [0.29, 0.717) is 55.0 Å². The Morgan fingerprint density at radius 2 is 1.79 bits per heavy atom.